The zero-order valence-corrected chi connectivity index (χ0v) is 11.4. The first-order valence-electron chi connectivity index (χ1n) is 3.61. The van der Waals surface area contributed by atoms with E-state index in [-0.39, 0.29) is 5.38 Å². The lowest BCUT2D eigenvalue weighted by Crippen LogP contribution is -2.34. The van der Waals surface area contributed by atoms with E-state index in [0.717, 1.165) is 0 Å². The van der Waals surface area contributed by atoms with Gasteiger partial charge in [0.2, 0.25) is 0 Å². The van der Waals surface area contributed by atoms with Crippen LogP contribution in [0.1, 0.15) is 19.3 Å². The Hall–Kier alpha value is 1.16. The lowest BCUT2D eigenvalue weighted by atomic mass is 10.2. The van der Waals surface area contributed by atoms with Crippen LogP contribution in [0.3, 0.4) is 0 Å². The predicted octanol–water partition coefficient (Wildman–Crippen LogP) is 4.09. The zero-order chi connectivity index (χ0) is 10.5. The highest BCUT2D eigenvalue weighted by molar-refractivity contribution is 7.66. The van der Waals surface area contributed by atoms with Gasteiger partial charge in [0.15, 0.2) is 0 Å². The van der Waals surface area contributed by atoms with Gasteiger partial charge < -0.3 is 0 Å². The van der Waals surface area contributed by atoms with E-state index in [0.29, 0.717) is 19.3 Å². The fraction of sp³-hybridized carbons (Fsp3) is 0.833. The summed E-state index contributed by atoms with van der Waals surface area (Å²) in [6.45, 7) is 0. The molecular weight excluding hydrogens is 291 g/mol. The van der Waals surface area contributed by atoms with Crippen molar-refractivity contribution in [3.8, 4) is 6.07 Å². The smallest absolute Gasteiger partial charge is 0.198 e. The van der Waals surface area contributed by atoms with Gasteiger partial charge >= 0.3 is 6.00 Å². The summed E-state index contributed by atoms with van der Waals surface area (Å²) in [7, 11) is 0. The van der Waals surface area contributed by atoms with Crippen molar-refractivity contribution in [2.45, 2.75) is 29.6 Å². The molecule has 1 nitrogen and oxygen atoms in total. The monoisotopic (exact) mass is 297 g/mol. The minimum absolute atomic E-state index is 0.366. The molecule has 0 saturated carbocycles. The van der Waals surface area contributed by atoms with Crippen LogP contribution in [0.5, 0.6) is 0 Å². The zero-order valence-electron chi connectivity index (χ0n) is 6.61. The number of nitrogens with zero attached hydrogens (tertiary/aromatic N) is 1. The molecule has 0 radical (unpaired) electrons. The molecule has 0 aliphatic heterocycles. The maximum Gasteiger partial charge on any atom is 0.359 e. The number of rotatable bonds is 5. The molecule has 0 aromatic rings. The fourth-order valence-corrected chi connectivity index (χ4v) is 4.10. The Kier molecular flexibility index (Phi) is 7.19. The average Bonchev–Trinajstić information content (AvgIpc) is 2.01. The highest BCUT2D eigenvalue weighted by atomic mass is 35.8. The number of nitriles is 1. The molecule has 0 spiro atoms. The maximum atomic E-state index is 8.28. The van der Waals surface area contributed by atoms with Crippen molar-refractivity contribution in [3.05, 3.63) is 0 Å². The van der Waals surface area contributed by atoms with Gasteiger partial charge in [-0.25, -0.2) is 0 Å². The molecule has 0 amide bonds. The van der Waals surface area contributed by atoms with E-state index in [9.17, 15) is 0 Å². The minimum atomic E-state index is -2.92. The third-order valence-corrected chi connectivity index (χ3v) is 7.64. The van der Waals surface area contributed by atoms with Crippen molar-refractivity contribution < 1.29 is 0 Å². The summed E-state index contributed by atoms with van der Waals surface area (Å²) < 4.78 is 0. The van der Waals surface area contributed by atoms with Crippen molar-refractivity contribution in [2.75, 3.05) is 0 Å². The summed E-state index contributed by atoms with van der Waals surface area (Å²) in [5.41, 5.74) is 0. The molecule has 0 aromatic heterocycles. The summed E-state index contributed by atoms with van der Waals surface area (Å²) in [5.74, 6) is 0. The number of hydrogen-bond acceptors (Lipinski definition) is 1. The van der Waals surface area contributed by atoms with Crippen molar-refractivity contribution >= 4 is 62.4 Å². The van der Waals surface area contributed by atoms with E-state index in [1.165, 1.54) is 0 Å². The van der Waals surface area contributed by atoms with Crippen LogP contribution in [0.2, 0.25) is 0 Å². The quantitative estimate of drug-likeness (QED) is 0.325. The van der Waals surface area contributed by atoms with Crippen LogP contribution in [0.25, 0.3) is 0 Å². The Morgan fingerprint density at radius 1 is 1.23 bits per heavy atom. The standard InChI is InChI=1S/C6H8Cl5NSi/c7-5(3-1-2-4-12)6(8)13(9,10)11/h5-6H,1-3H2. The third-order valence-electron chi connectivity index (χ3n) is 1.40. The van der Waals surface area contributed by atoms with Crippen LogP contribution in [0, 0.1) is 11.3 Å². The van der Waals surface area contributed by atoms with Gasteiger partial charge in [0.05, 0.1) is 16.4 Å². The van der Waals surface area contributed by atoms with Crippen LogP contribution in [0.4, 0.5) is 0 Å². The van der Waals surface area contributed by atoms with E-state index in [1.807, 2.05) is 6.07 Å². The van der Waals surface area contributed by atoms with Gasteiger partial charge in [-0.15, -0.1) is 56.4 Å². The average molecular weight is 299 g/mol. The molecule has 13 heavy (non-hydrogen) atoms. The van der Waals surface area contributed by atoms with Crippen LogP contribution in [-0.4, -0.2) is 16.4 Å². The first kappa shape index (κ1) is 14.2. The van der Waals surface area contributed by atoms with Gasteiger partial charge in [0, 0.05) is 6.42 Å². The lowest BCUT2D eigenvalue weighted by Gasteiger charge is -2.20. The Labute approximate surface area is 103 Å². The van der Waals surface area contributed by atoms with E-state index < -0.39 is 11.0 Å². The molecule has 0 aliphatic carbocycles. The van der Waals surface area contributed by atoms with E-state index in [1.54, 1.807) is 0 Å². The van der Waals surface area contributed by atoms with Gasteiger partial charge in [-0.3, -0.25) is 0 Å². The van der Waals surface area contributed by atoms with Crippen molar-refractivity contribution in [1.29, 1.82) is 5.26 Å². The Balaban J connectivity index is 3.84. The molecule has 0 N–H and O–H groups in total. The second-order valence-electron chi connectivity index (χ2n) is 2.51. The first-order chi connectivity index (χ1) is 5.89. The third kappa shape index (κ3) is 6.27. The molecular formula is C6H8Cl5NSi. The number of halogens is 5. The predicted molar refractivity (Wildman–Crippen MR) is 62.1 cm³/mol. The second-order valence-corrected chi connectivity index (χ2v) is 12.7. The highest BCUT2D eigenvalue weighted by Gasteiger charge is 2.39. The Bertz CT molecular complexity index is 186. The Morgan fingerprint density at radius 3 is 2.15 bits per heavy atom. The van der Waals surface area contributed by atoms with Crippen LogP contribution >= 0.6 is 56.4 Å². The summed E-state index contributed by atoms with van der Waals surface area (Å²) in [6.07, 6.45) is 1.74. The molecule has 2 atom stereocenters. The molecule has 0 heterocycles. The minimum Gasteiger partial charge on any atom is -0.198 e. The molecule has 0 aliphatic rings. The number of unbranched alkanes of at least 4 members (excludes halogenated alkanes) is 1. The summed E-state index contributed by atoms with van der Waals surface area (Å²) in [4.78, 5) is 0. The van der Waals surface area contributed by atoms with Crippen LogP contribution in [-0.2, 0) is 0 Å². The summed E-state index contributed by atoms with van der Waals surface area (Å²) in [5, 5.41) is 7.32. The second kappa shape index (κ2) is 6.61. The number of hydrogen-bond donors (Lipinski definition) is 0. The van der Waals surface area contributed by atoms with Gasteiger partial charge in [-0.2, -0.15) is 5.26 Å². The van der Waals surface area contributed by atoms with Crippen LogP contribution < -0.4 is 0 Å². The molecule has 0 aromatic carbocycles. The van der Waals surface area contributed by atoms with E-state index in [2.05, 4.69) is 0 Å². The normalized spacial score (nSPS) is 16.3. The van der Waals surface area contributed by atoms with Gasteiger partial charge in [0.1, 0.15) is 0 Å². The van der Waals surface area contributed by atoms with Crippen molar-refractivity contribution in [3.63, 3.8) is 0 Å². The molecule has 7 heteroatoms. The maximum absolute atomic E-state index is 8.28. The topological polar surface area (TPSA) is 23.8 Å². The summed E-state index contributed by atoms with van der Waals surface area (Å²) in [6, 6.07) is -0.905. The van der Waals surface area contributed by atoms with Gasteiger partial charge in [-0.05, 0) is 12.8 Å². The van der Waals surface area contributed by atoms with Crippen LogP contribution in [0.15, 0.2) is 0 Å². The van der Waals surface area contributed by atoms with Crippen molar-refractivity contribution in [1.82, 2.24) is 0 Å². The number of alkyl halides is 2. The molecule has 76 valence electrons. The Morgan fingerprint density at radius 2 is 1.77 bits per heavy atom. The lowest BCUT2D eigenvalue weighted by molar-refractivity contribution is 0.726. The summed E-state index contributed by atoms with van der Waals surface area (Å²) >= 11 is 28.8. The first-order valence-corrected chi connectivity index (χ1v) is 9.60. The molecule has 0 rings (SSSR count). The highest BCUT2D eigenvalue weighted by Crippen LogP contribution is 2.33. The molecule has 0 fully saturated rings. The molecule has 0 bridgehead atoms. The van der Waals surface area contributed by atoms with E-state index >= 15 is 0 Å². The largest absolute Gasteiger partial charge is 0.359 e. The molecule has 2 unspecified atom stereocenters. The SMILES string of the molecule is N#CCCCC(Cl)C(Cl)[Si](Cl)(Cl)Cl. The van der Waals surface area contributed by atoms with E-state index in [4.69, 9.17) is 61.7 Å². The van der Waals surface area contributed by atoms with Gasteiger partial charge in [-0.1, -0.05) is 0 Å². The van der Waals surface area contributed by atoms with Crippen molar-refractivity contribution in [2.24, 2.45) is 0 Å². The van der Waals surface area contributed by atoms with Gasteiger partial charge in [0.25, 0.3) is 0 Å². The molecule has 0 saturated heterocycles. The fourth-order valence-electron chi connectivity index (χ4n) is 0.728.